The average molecular weight is 248 g/mol. The fraction of sp³-hybridized carbons (Fsp3) is 0.429. The van der Waals surface area contributed by atoms with Crippen LogP contribution in [0.4, 0.5) is 5.69 Å². The normalized spacial score (nSPS) is 9.89. The summed E-state index contributed by atoms with van der Waals surface area (Å²) in [6.45, 7) is 4.47. The number of anilines is 1. The van der Waals surface area contributed by atoms with Crippen LogP contribution in [0, 0.1) is 0 Å². The third kappa shape index (κ3) is 4.57. The van der Waals surface area contributed by atoms with E-state index in [0.717, 1.165) is 12.1 Å². The molecule has 0 spiro atoms. The summed E-state index contributed by atoms with van der Waals surface area (Å²) < 4.78 is 0. The van der Waals surface area contributed by atoms with E-state index in [9.17, 15) is 9.59 Å². The van der Waals surface area contributed by atoms with Gasteiger partial charge < -0.3 is 10.2 Å². The highest BCUT2D eigenvalue weighted by atomic mass is 16.2. The molecule has 4 nitrogen and oxygen atoms in total. The van der Waals surface area contributed by atoms with E-state index in [0.29, 0.717) is 19.5 Å². The van der Waals surface area contributed by atoms with Gasteiger partial charge >= 0.3 is 0 Å². The van der Waals surface area contributed by atoms with Crippen molar-refractivity contribution < 1.29 is 9.59 Å². The summed E-state index contributed by atoms with van der Waals surface area (Å²) in [5.74, 6) is 0.0139. The van der Waals surface area contributed by atoms with E-state index in [-0.39, 0.29) is 11.8 Å². The lowest BCUT2D eigenvalue weighted by atomic mass is 10.3. The number of nitrogens with zero attached hydrogens (tertiary/aromatic N) is 1. The molecular weight excluding hydrogens is 228 g/mol. The van der Waals surface area contributed by atoms with Gasteiger partial charge in [0.1, 0.15) is 0 Å². The molecule has 2 amide bonds. The number of hydrogen-bond acceptors (Lipinski definition) is 2. The predicted octanol–water partition coefficient (Wildman–Crippen LogP) is 1.96. The summed E-state index contributed by atoms with van der Waals surface area (Å²) in [6, 6.07) is 9.46. The van der Waals surface area contributed by atoms with Gasteiger partial charge in [-0.05, 0) is 18.6 Å². The molecule has 0 aliphatic rings. The Labute approximate surface area is 108 Å². The molecule has 1 rings (SSSR count). The Balaban J connectivity index is 2.50. The minimum atomic E-state index is -0.0223. The Bertz CT molecular complexity index is 390. The first-order chi connectivity index (χ1) is 8.65. The average Bonchev–Trinajstić information content (AvgIpc) is 2.35. The summed E-state index contributed by atoms with van der Waals surface area (Å²) in [5, 5.41) is 2.81. The fourth-order valence-corrected chi connectivity index (χ4v) is 1.70. The highest BCUT2D eigenvalue weighted by molar-refractivity contribution is 5.91. The highest BCUT2D eigenvalue weighted by Crippen LogP contribution is 2.12. The summed E-state index contributed by atoms with van der Waals surface area (Å²) in [6.07, 6.45) is 1.37. The summed E-state index contributed by atoms with van der Waals surface area (Å²) in [7, 11) is 0. The summed E-state index contributed by atoms with van der Waals surface area (Å²) in [4.78, 5) is 24.5. The van der Waals surface area contributed by atoms with Crippen molar-refractivity contribution in [3.8, 4) is 0 Å². The van der Waals surface area contributed by atoms with Crippen LogP contribution in [0.15, 0.2) is 30.3 Å². The lowest BCUT2D eigenvalue weighted by Crippen LogP contribution is -2.37. The van der Waals surface area contributed by atoms with Crippen molar-refractivity contribution in [2.45, 2.75) is 26.7 Å². The first-order valence-electron chi connectivity index (χ1n) is 6.25. The molecule has 0 fully saturated rings. The fourth-order valence-electron chi connectivity index (χ4n) is 1.70. The Morgan fingerprint density at radius 3 is 2.44 bits per heavy atom. The van der Waals surface area contributed by atoms with Gasteiger partial charge in [0.25, 0.3) is 0 Å². The summed E-state index contributed by atoms with van der Waals surface area (Å²) in [5.41, 5.74) is 0.856. The van der Waals surface area contributed by atoms with Crippen molar-refractivity contribution in [2.75, 3.05) is 18.0 Å². The van der Waals surface area contributed by atoms with Crippen LogP contribution in [0.3, 0.4) is 0 Å². The van der Waals surface area contributed by atoms with Gasteiger partial charge in [-0.1, -0.05) is 25.1 Å². The maximum absolute atomic E-state index is 11.6. The first kappa shape index (κ1) is 14.2. The van der Waals surface area contributed by atoms with E-state index in [4.69, 9.17) is 0 Å². The zero-order chi connectivity index (χ0) is 13.4. The molecule has 0 unspecified atom stereocenters. The number of hydrogen-bond donors (Lipinski definition) is 1. The molecule has 98 valence electrons. The topological polar surface area (TPSA) is 49.4 Å². The van der Waals surface area contributed by atoms with Crippen LogP contribution >= 0.6 is 0 Å². The Morgan fingerprint density at radius 2 is 1.89 bits per heavy atom. The predicted molar refractivity (Wildman–Crippen MR) is 72.4 cm³/mol. The number of nitrogens with one attached hydrogen (secondary N) is 1. The van der Waals surface area contributed by atoms with Gasteiger partial charge in [0.15, 0.2) is 0 Å². The lowest BCUT2D eigenvalue weighted by Gasteiger charge is -2.21. The van der Waals surface area contributed by atoms with Gasteiger partial charge in [-0.25, -0.2) is 0 Å². The van der Waals surface area contributed by atoms with Crippen LogP contribution < -0.4 is 10.2 Å². The van der Waals surface area contributed by atoms with Gasteiger partial charge in [-0.2, -0.15) is 0 Å². The second-order valence-corrected chi connectivity index (χ2v) is 4.11. The standard InChI is InChI=1S/C14H20N2O2/c1-3-7-14(18)15-10-11-16(12(2)17)13-8-5-4-6-9-13/h4-6,8-9H,3,7,10-11H2,1-2H3,(H,15,18). The largest absolute Gasteiger partial charge is 0.354 e. The van der Waals surface area contributed by atoms with Gasteiger partial charge in [0.05, 0.1) is 0 Å². The molecule has 1 aromatic carbocycles. The van der Waals surface area contributed by atoms with Crippen molar-refractivity contribution in [1.29, 1.82) is 0 Å². The van der Waals surface area contributed by atoms with Crippen molar-refractivity contribution in [1.82, 2.24) is 5.32 Å². The zero-order valence-corrected chi connectivity index (χ0v) is 11.0. The molecule has 0 radical (unpaired) electrons. The smallest absolute Gasteiger partial charge is 0.223 e. The van der Waals surface area contributed by atoms with Gasteiger partial charge in [-0.15, -0.1) is 0 Å². The van der Waals surface area contributed by atoms with Crippen LogP contribution in [-0.2, 0) is 9.59 Å². The van der Waals surface area contributed by atoms with E-state index < -0.39 is 0 Å². The van der Waals surface area contributed by atoms with Gasteiger partial charge in [-0.3, -0.25) is 9.59 Å². The number of amides is 2. The molecule has 0 saturated carbocycles. The molecule has 1 N–H and O–H groups in total. The molecule has 0 aliphatic carbocycles. The number of carbonyl (C=O) groups excluding carboxylic acids is 2. The van der Waals surface area contributed by atoms with Crippen molar-refractivity contribution in [3.05, 3.63) is 30.3 Å². The Hall–Kier alpha value is -1.84. The Morgan fingerprint density at radius 1 is 1.22 bits per heavy atom. The molecule has 0 bridgehead atoms. The minimum absolute atomic E-state index is 0.0223. The maximum Gasteiger partial charge on any atom is 0.223 e. The highest BCUT2D eigenvalue weighted by Gasteiger charge is 2.10. The van der Waals surface area contributed by atoms with E-state index in [2.05, 4.69) is 5.32 Å². The van der Waals surface area contributed by atoms with Crippen LogP contribution in [-0.4, -0.2) is 24.9 Å². The quantitative estimate of drug-likeness (QED) is 0.836. The molecule has 18 heavy (non-hydrogen) atoms. The number of benzene rings is 1. The Kier molecular flexibility index (Phi) is 5.91. The van der Waals surface area contributed by atoms with Crippen LogP contribution in [0.1, 0.15) is 26.7 Å². The number of carbonyl (C=O) groups is 2. The molecule has 0 aliphatic heterocycles. The molecule has 0 atom stereocenters. The number of rotatable bonds is 6. The molecule has 0 aromatic heterocycles. The van der Waals surface area contributed by atoms with Crippen molar-refractivity contribution >= 4 is 17.5 Å². The zero-order valence-electron chi connectivity index (χ0n) is 11.0. The van der Waals surface area contributed by atoms with Crippen LogP contribution in [0.25, 0.3) is 0 Å². The molecule has 4 heteroatoms. The third-order valence-corrected chi connectivity index (χ3v) is 2.58. The third-order valence-electron chi connectivity index (χ3n) is 2.58. The van der Waals surface area contributed by atoms with Crippen LogP contribution in [0.5, 0.6) is 0 Å². The first-order valence-corrected chi connectivity index (χ1v) is 6.25. The molecule has 1 aromatic rings. The maximum atomic E-state index is 11.6. The molecule has 0 heterocycles. The van der Waals surface area contributed by atoms with E-state index in [1.165, 1.54) is 6.92 Å². The number of para-hydroxylation sites is 1. The minimum Gasteiger partial charge on any atom is -0.354 e. The van der Waals surface area contributed by atoms with Crippen LogP contribution in [0.2, 0.25) is 0 Å². The second kappa shape index (κ2) is 7.48. The van der Waals surface area contributed by atoms with Crippen molar-refractivity contribution in [3.63, 3.8) is 0 Å². The SMILES string of the molecule is CCCC(=O)NCCN(C(C)=O)c1ccccc1. The molecular formula is C14H20N2O2. The van der Waals surface area contributed by atoms with E-state index in [1.807, 2.05) is 37.3 Å². The monoisotopic (exact) mass is 248 g/mol. The summed E-state index contributed by atoms with van der Waals surface area (Å²) >= 11 is 0. The van der Waals surface area contributed by atoms with E-state index in [1.54, 1.807) is 4.90 Å². The van der Waals surface area contributed by atoms with Gasteiger partial charge in [0, 0.05) is 32.1 Å². The lowest BCUT2D eigenvalue weighted by molar-refractivity contribution is -0.121. The second-order valence-electron chi connectivity index (χ2n) is 4.11. The van der Waals surface area contributed by atoms with Gasteiger partial charge in [0.2, 0.25) is 11.8 Å². The van der Waals surface area contributed by atoms with Crippen molar-refractivity contribution in [2.24, 2.45) is 0 Å². The molecule has 0 saturated heterocycles. The van der Waals surface area contributed by atoms with E-state index >= 15 is 0 Å².